The number of rotatable bonds is 4. The SMILES string of the molecule is Cc1nc(-c2ccc(F)cc2)c(CC(=O)Nc2ccc(Cl)cc2F)s1. The number of carbonyl (C=O) groups excluding carboxylic acids is 1. The van der Waals surface area contributed by atoms with Crippen LogP contribution in [0.4, 0.5) is 14.5 Å². The number of nitrogens with one attached hydrogen (secondary N) is 1. The van der Waals surface area contributed by atoms with Gasteiger partial charge in [0.15, 0.2) is 0 Å². The molecule has 128 valence electrons. The first-order chi connectivity index (χ1) is 11.9. The van der Waals surface area contributed by atoms with Gasteiger partial charge in [-0.25, -0.2) is 13.8 Å². The monoisotopic (exact) mass is 378 g/mol. The molecule has 0 bridgehead atoms. The highest BCUT2D eigenvalue weighted by molar-refractivity contribution is 7.12. The maximum absolute atomic E-state index is 13.8. The fourth-order valence-electron chi connectivity index (χ4n) is 2.35. The molecule has 0 unspecified atom stereocenters. The van der Waals surface area contributed by atoms with Crippen molar-refractivity contribution >= 4 is 34.5 Å². The van der Waals surface area contributed by atoms with E-state index < -0.39 is 5.82 Å². The van der Waals surface area contributed by atoms with E-state index in [1.807, 2.05) is 6.92 Å². The third-order valence-corrected chi connectivity index (χ3v) is 4.65. The normalized spacial score (nSPS) is 10.7. The van der Waals surface area contributed by atoms with Crippen molar-refractivity contribution in [3.05, 3.63) is 69.0 Å². The summed E-state index contributed by atoms with van der Waals surface area (Å²) in [5.41, 5.74) is 1.43. The first-order valence-electron chi connectivity index (χ1n) is 7.39. The number of halogens is 3. The third kappa shape index (κ3) is 4.21. The van der Waals surface area contributed by atoms with E-state index in [-0.39, 0.29) is 28.9 Å². The highest BCUT2D eigenvalue weighted by atomic mass is 35.5. The number of hydrogen-bond acceptors (Lipinski definition) is 3. The fourth-order valence-corrected chi connectivity index (χ4v) is 3.47. The van der Waals surface area contributed by atoms with Crippen molar-refractivity contribution in [3.8, 4) is 11.3 Å². The van der Waals surface area contributed by atoms with Crippen LogP contribution >= 0.6 is 22.9 Å². The van der Waals surface area contributed by atoms with Gasteiger partial charge in [0.2, 0.25) is 5.91 Å². The Hall–Kier alpha value is -2.31. The summed E-state index contributed by atoms with van der Waals surface area (Å²) in [4.78, 5) is 17.4. The van der Waals surface area contributed by atoms with Crippen LogP contribution in [0.15, 0.2) is 42.5 Å². The summed E-state index contributed by atoms with van der Waals surface area (Å²) in [5.74, 6) is -1.30. The molecule has 0 spiro atoms. The predicted octanol–water partition coefficient (Wildman–Crippen LogP) is 5.23. The minimum absolute atomic E-state index is 0.0419. The second kappa shape index (κ2) is 7.29. The van der Waals surface area contributed by atoms with Gasteiger partial charge in [0, 0.05) is 15.5 Å². The van der Waals surface area contributed by atoms with Gasteiger partial charge in [-0.15, -0.1) is 11.3 Å². The van der Waals surface area contributed by atoms with Gasteiger partial charge in [0.25, 0.3) is 0 Å². The van der Waals surface area contributed by atoms with E-state index in [0.717, 1.165) is 21.5 Å². The molecule has 3 nitrogen and oxygen atoms in total. The van der Waals surface area contributed by atoms with Crippen molar-refractivity contribution in [2.24, 2.45) is 0 Å². The second-order valence-electron chi connectivity index (χ2n) is 5.36. The van der Waals surface area contributed by atoms with Crippen molar-refractivity contribution in [2.45, 2.75) is 13.3 Å². The Morgan fingerprint density at radius 3 is 2.60 bits per heavy atom. The van der Waals surface area contributed by atoms with Crippen molar-refractivity contribution in [1.82, 2.24) is 4.98 Å². The quantitative estimate of drug-likeness (QED) is 0.675. The molecule has 0 saturated heterocycles. The fraction of sp³-hybridized carbons (Fsp3) is 0.111. The average Bonchev–Trinajstić information content (AvgIpc) is 2.91. The summed E-state index contributed by atoms with van der Waals surface area (Å²) in [6, 6.07) is 9.97. The third-order valence-electron chi connectivity index (χ3n) is 3.45. The van der Waals surface area contributed by atoms with Gasteiger partial charge >= 0.3 is 0 Å². The van der Waals surface area contributed by atoms with E-state index >= 15 is 0 Å². The van der Waals surface area contributed by atoms with E-state index in [1.165, 1.54) is 35.6 Å². The number of amides is 1. The lowest BCUT2D eigenvalue weighted by molar-refractivity contribution is -0.115. The molecular weight excluding hydrogens is 366 g/mol. The smallest absolute Gasteiger partial charge is 0.229 e. The van der Waals surface area contributed by atoms with E-state index in [1.54, 1.807) is 12.1 Å². The van der Waals surface area contributed by atoms with Crippen LogP contribution in [0.1, 0.15) is 9.88 Å². The van der Waals surface area contributed by atoms with Crippen molar-refractivity contribution in [1.29, 1.82) is 0 Å². The molecule has 0 aliphatic rings. The van der Waals surface area contributed by atoms with E-state index in [0.29, 0.717) is 5.69 Å². The minimum atomic E-state index is -0.597. The number of anilines is 1. The molecule has 0 aliphatic heterocycles. The summed E-state index contributed by atoms with van der Waals surface area (Å²) in [5, 5.41) is 3.58. The lowest BCUT2D eigenvalue weighted by atomic mass is 10.1. The number of thiazole rings is 1. The summed E-state index contributed by atoms with van der Waals surface area (Å²) < 4.78 is 26.9. The van der Waals surface area contributed by atoms with Crippen molar-refractivity contribution in [3.63, 3.8) is 0 Å². The molecule has 0 radical (unpaired) electrons. The number of carbonyl (C=O) groups is 1. The maximum Gasteiger partial charge on any atom is 0.229 e. The van der Waals surface area contributed by atoms with Crippen LogP contribution < -0.4 is 5.32 Å². The standard InChI is InChI=1S/C18H13ClF2N2OS/c1-10-22-18(11-2-5-13(20)6-3-11)16(25-10)9-17(24)23-15-7-4-12(19)8-14(15)21/h2-8H,9H2,1H3,(H,23,24). The molecular formula is C18H13ClF2N2OS. The second-order valence-corrected chi connectivity index (χ2v) is 7.08. The van der Waals surface area contributed by atoms with Crippen LogP contribution in [0, 0.1) is 18.6 Å². The lowest BCUT2D eigenvalue weighted by Crippen LogP contribution is -2.15. The van der Waals surface area contributed by atoms with Gasteiger partial charge < -0.3 is 5.32 Å². The molecule has 1 aromatic heterocycles. The average molecular weight is 379 g/mol. The Kier molecular flexibility index (Phi) is 5.11. The maximum atomic E-state index is 13.8. The Labute approximate surface area is 152 Å². The predicted molar refractivity (Wildman–Crippen MR) is 96.0 cm³/mol. The topological polar surface area (TPSA) is 42.0 Å². The Morgan fingerprint density at radius 1 is 1.20 bits per heavy atom. The highest BCUT2D eigenvalue weighted by Crippen LogP contribution is 2.29. The van der Waals surface area contributed by atoms with Gasteiger partial charge in [0.1, 0.15) is 11.6 Å². The Morgan fingerprint density at radius 2 is 1.92 bits per heavy atom. The molecule has 1 heterocycles. The van der Waals surface area contributed by atoms with Crippen molar-refractivity contribution in [2.75, 3.05) is 5.32 Å². The first kappa shape index (κ1) is 17.5. The molecule has 25 heavy (non-hydrogen) atoms. The Balaban J connectivity index is 1.81. The molecule has 0 aliphatic carbocycles. The van der Waals surface area contributed by atoms with E-state index in [9.17, 15) is 13.6 Å². The molecule has 2 aromatic carbocycles. The molecule has 0 saturated carbocycles. The summed E-state index contributed by atoms with van der Waals surface area (Å²) in [6.07, 6.45) is 0.0419. The molecule has 0 fully saturated rings. The first-order valence-corrected chi connectivity index (χ1v) is 8.59. The highest BCUT2D eigenvalue weighted by Gasteiger charge is 2.16. The van der Waals surface area contributed by atoms with Gasteiger partial charge in [0.05, 0.1) is 22.8 Å². The number of hydrogen-bond donors (Lipinski definition) is 1. The zero-order valence-electron chi connectivity index (χ0n) is 13.1. The van der Waals surface area contributed by atoms with Gasteiger partial charge in [-0.2, -0.15) is 0 Å². The molecule has 7 heteroatoms. The Bertz CT molecular complexity index is 925. The molecule has 1 N–H and O–H groups in total. The lowest BCUT2D eigenvalue weighted by Gasteiger charge is -2.07. The molecule has 0 atom stereocenters. The summed E-state index contributed by atoms with van der Waals surface area (Å²) in [6.45, 7) is 1.83. The molecule has 1 amide bonds. The summed E-state index contributed by atoms with van der Waals surface area (Å²) in [7, 11) is 0. The van der Waals surface area contributed by atoms with E-state index in [2.05, 4.69) is 10.3 Å². The number of benzene rings is 2. The van der Waals surface area contributed by atoms with E-state index in [4.69, 9.17) is 11.6 Å². The number of nitrogens with zero attached hydrogens (tertiary/aromatic N) is 1. The molecule has 3 aromatic rings. The van der Waals surface area contributed by atoms with Gasteiger partial charge in [-0.05, 0) is 49.4 Å². The number of aryl methyl sites for hydroxylation is 1. The van der Waals surface area contributed by atoms with Crippen LogP contribution in [0.25, 0.3) is 11.3 Å². The minimum Gasteiger partial charge on any atom is -0.323 e. The molecule has 3 rings (SSSR count). The van der Waals surface area contributed by atoms with Crippen LogP contribution in [0.2, 0.25) is 5.02 Å². The van der Waals surface area contributed by atoms with Crippen LogP contribution in [-0.2, 0) is 11.2 Å². The van der Waals surface area contributed by atoms with Crippen LogP contribution in [0.3, 0.4) is 0 Å². The van der Waals surface area contributed by atoms with Gasteiger partial charge in [-0.1, -0.05) is 11.6 Å². The zero-order chi connectivity index (χ0) is 18.0. The van der Waals surface area contributed by atoms with Crippen LogP contribution in [0.5, 0.6) is 0 Å². The zero-order valence-corrected chi connectivity index (χ0v) is 14.7. The largest absolute Gasteiger partial charge is 0.323 e. The van der Waals surface area contributed by atoms with Gasteiger partial charge in [-0.3, -0.25) is 4.79 Å². The number of aromatic nitrogens is 1. The summed E-state index contributed by atoms with van der Waals surface area (Å²) >= 11 is 7.08. The van der Waals surface area contributed by atoms with Crippen LogP contribution in [-0.4, -0.2) is 10.9 Å². The van der Waals surface area contributed by atoms with Crippen molar-refractivity contribution < 1.29 is 13.6 Å².